The highest BCUT2D eigenvalue weighted by atomic mass is 16.5. The van der Waals surface area contributed by atoms with Crippen molar-refractivity contribution in [2.24, 2.45) is 5.41 Å². The van der Waals surface area contributed by atoms with E-state index in [0.717, 1.165) is 6.42 Å². The van der Waals surface area contributed by atoms with E-state index in [9.17, 15) is 4.79 Å². The largest absolute Gasteiger partial charge is 0.463 e. The lowest BCUT2D eigenvalue weighted by atomic mass is 9.91. The first-order chi connectivity index (χ1) is 17.7. The van der Waals surface area contributed by atoms with Gasteiger partial charge in [-0.2, -0.15) is 0 Å². The smallest absolute Gasteiger partial charge is 0.311 e. The predicted octanol–water partition coefficient (Wildman–Crippen LogP) is 9.72. The second-order valence-electron chi connectivity index (χ2n) is 11.8. The molecular weight excluding hydrogens is 458 g/mol. The van der Waals surface area contributed by atoms with Gasteiger partial charge < -0.3 is 14.7 Å². The molecule has 0 heterocycles. The number of nitrogens with zero attached hydrogens (tertiary/aromatic N) is 1. The molecule has 0 aromatic carbocycles. The van der Waals surface area contributed by atoms with Gasteiger partial charge in [-0.05, 0) is 66.1 Å². The summed E-state index contributed by atoms with van der Waals surface area (Å²) < 4.78 is 4.87. The van der Waals surface area contributed by atoms with Crippen molar-refractivity contribution in [2.45, 2.75) is 177 Å². The lowest BCUT2D eigenvalue weighted by Crippen LogP contribution is -2.28. The third kappa shape index (κ3) is 28.2. The molecule has 224 valence electrons. The quantitative estimate of drug-likeness (QED) is 0.0948. The highest BCUT2D eigenvalue weighted by molar-refractivity contribution is 5.75. The van der Waals surface area contributed by atoms with E-state index in [4.69, 9.17) is 9.84 Å². The van der Waals surface area contributed by atoms with E-state index in [-0.39, 0.29) is 12.6 Å². The zero-order valence-corrected chi connectivity index (χ0v) is 26.6. The molecule has 0 radical (unpaired) electrons. The number of carbonyl (C=O) groups is 1. The Morgan fingerprint density at radius 2 is 0.973 bits per heavy atom. The monoisotopic (exact) mass is 528 g/mol. The van der Waals surface area contributed by atoms with E-state index in [1.807, 2.05) is 20.8 Å². The molecule has 1 unspecified atom stereocenters. The number of hydrogen-bond donors (Lipinski definition) is 1. The summed E-state index contributed by atoms with van der Waals surface area (Å²) in [6, 6.07) is 0. The number of hydrogen-bond acceptors (Lipinski definition) is 4. The highest BCUT2D eigenvalue weighted by Crippen LogP contribution is 2.21. The fraction of sp³-hybridized carbons (Fsp3) is 0.970. The Hall–Kier alpha value is -0.610. The molecule has 0 aromatic rings. The summed E-state index contributed by atoms with van der Waals surface area (Å²) in [6.07, 6.45) is 25.9. The first-order valence-corrected chi connectivity index (χ1v) is 16.3. The van der Waals surface area contributed by atoms with Crippen molar-refractivity contribution in [2.75, 3.05) is 26.2 Å². The molecule has 37 heavy (non-hydrogen) atoms. The van der Waals surface area contributed by atoms with Gasteiger partial charge >= 0.3 is 5.97 Å². The molecular formula is C33H69NO3. The maximum atomic E-state index is 11.3. The molecule has 4 nitrogen and oxygen atoms in total. The number of carbonyl (C=O) groups excluding carboxylic acids is 1. The lowest BCUT2D eigenvalue weighted by molar-refractivity contribution is -0.156. The number of ether oxygens (including phenoxy) is 1. The molecule has 1 atom stereocenters. The van der Waals surface area contributed by atoms with Gasteiger partial charge in [0.1, 0.15) is 6.61 Å². The van der Waals surface area contributed by atoms with Crippen LogP contribution in [0.25, 0.3) is 0 Å². The predicted molar refractivity (Wildman–Crippen MR) is 163 cm³/mol. The molecule has 0 aliphatic rings. The number of rotatable bonds is 25. The van der Waals surface area contributed by atoms with Crippen LogP contribution in [-0.2, 0) is 9.53 Å². The van der Waals surface area contributed by atoms with Crippen LogP contribution in [0.15, 0.2) is 0 Å². The van der Waals surface area contributed by atoms with Gasteiger partial charge in [0.2, 0.25) is 0 Å². The first-order valence-electron chi connectivity index (χ1n) is 16.3. The number of aliphatic hydroxyl groups excluding tert-OH is 1. The fourth-order valence-electron chi connectivity index (χ4n) is 4.22. The van der Waals surface area contributed by atoms with E-state index in [1.54, 1.807) is 6.92 Å². The molecule has 1 N–H and O–H groups in total. The summed E-state index contributed by atoms with van der Waals surface area (Å²) >= 11 is 0. The first kappa shape index (κ1) is 38.5. The van der Waals surface area contributed by atoms with Crippen molar-refractivity contribution in [3.8, 4) is 0 Å². The Balaban J connectivity index is 0. The van der Waals surface area contributed by atoms with Gasteiger partial charge in [0.05, 0.1) is 11.5 Å². The third-order valence-electron chi connectivity index (χ3n) is 7.38. The Bertz CT molecular complexity index is 426. The molecule has 0 saturated carbocycles. The standard InChI is InChI=1S/C24H51N.C9H18O3/c1-4-7-10-13-16-19-22-25(23-20-17-14-11-8-5-2)24-21-18-15-12-9-6-3;1-5-9(3,4)8(11)12-6-7(2)10/h4-24H2,1-3H3;7,10H,5-6H2,1-4H3. The summed E-state index contributed by atoms with van der Waals surface area (Å²) in [4.78, 5) is 14.1. The number of unbranched alkanes of at least 4 members (excludes halogenated alkanes) is 15. The summed E-state index contributed by atoms with van der Waals surface area (Å²) in [7, 11) is 0. The van der Waals surface area contributed by atoms with Crippen molar-refractivity contribution in [1.29, 1.82) is 0 Å². The average Bonchev–Trinajstić information content (AvgIpc) is 2.88. The second kappa shape index (κ2) is 28.4. The van der Waals surface area contributed by atoms with E-state index in [0.29, 0.717) is 0 Å². The van der Waals surface area contributed by atoms with Crippen LogP contribution in [0.2, 0.25) is 0 Å². The van der Waals surface area contributed by atoms with Gasteiger partial charge in [-0.25, -0.2) is 0 Å². The minimum Gasteiger partial charge on any atom is -0.463 e. The topological polar surface area (TPSA) is 49.8 Å². The Morgan fingerprint density at radius 1 is 0.649 bits per heavy atom. The molecule has 0 aliphatic carbocycles. The van der Waals surface area contributed by atoms with Crippen molar-refractivity contribution in [3.05, 3.63) is 0 Å². The zero-order chi connectivity index (χ0) is 28.2. The summed E-state index contributed by atoms with van der Waals surface area (Å²) in [5, 5.41) is 8.86. The average molecular weight is 528 g/mol. The molecule has 0 fully saturated rings. The van der Waals surface area contributed by atoms with Crippen molar-refractivity contribution in [3.63, 3.8) is 0 Å². The van der Waals surface area contributed by atoms with Crippen LogP contribution in [0.5, 0.6) is 0 Å². The van der Waals surface area contributed by atoms with E-state index >= 15 is 0 Å². The molecule has 0 bridgehead atoms. The van der Waals surface area contributed by atoms with Gasteiger partial charge in [-0.1, -0.05) is 124 Å². The molecule has 0 spiro atoms. The SMILES string of the molecule is CCC(C)(C)C(=O)OCC(C)O.CCCCCCCCN(CCCCCCCC)CCCCCCCC. The van der Waals surface area contributed by atoms with Crippen LogP contribution in [-0.4, -0.2) is 48.3 Å². The van der Waals surface area contributed by atoms with Gasteiger partial charge in [0.15, 0.2) is 0 Å². The Labute approximate surface area is 233 Å². The van der Waals surface area contributed by atoms with Crippen LogP contribution in [0, 0.1) is 5.41 Å². The van der Waals surface area contributed by atoms with Gasteiger partial charge in [0, 0.05) is 0 Å². The second-order valence-corrected chi connectivity index (χ2v) is 11.8. The molecule has 4 heteroatoms. The molecule has 0 saturated heterocycles. The highest BCUT2D eigenvalue weighted by Gasteiger charge is 2.27. The van der Waals surface area contributed by atoms with Crippen molar-refractivity contribution < 1.29 is 14.6 Å². The van der Waals surface area contributed by atoms with Gasteiger partial charge in [0.25, 0.3) is 0 Å². The van der Waals surface area contributed by atoms with Crippen LogP contribution < -0.4 is 0 Å². The molecule has 0 aliphatic heterocycles. The van der Waals surface area contributed by atoms with E-state index < -0.39 is 11.5 Å². The van der Waals surface area contributed by atoms with Crippen molar-refractivity contribution >= 4 is 5.97 Å². The zero-order valence-electron chi connectivity index (χ0n) is 26.6. The maximum absolute atomic E-state index is 11.3. The molecule has 0 amide bonds. The minimum atomic E-state index is -0.582. The normalized spacial score (nSPS) is 12.4. The van der Waals surface area contributed by atoms with Gasteiger partial charge in [-0.3, -0.25) is 4.79 Å². The summed E-state index contributed by atoms with van der Waals surface area (Å²) in [5.74, 6) is -0.245. The lowest BCUT2D eigenvalue weighted by Gasteiger charge is -2.22. The Morgan fingerprint density at radius 3 is 1.27 bits per heavy atom. The van der Waals surface area contributed by atoms with Crippen LogP contribution >= 0.6 is 0 Å². The van der Waals surface area contributed by atoms with Crippen LogP contribution in [0.3, 0.4) is 0 Å². The Kier molecular flexibility index (Phi) is 29.6. The maximum Gasteiger partial charge on any atom is 0.311 e. The van der Waals surface area contributed by atoms with Gasteiger partial charge in [-0.15, -0.1) is 0 Å². The minimum absolute atomic E-state index is 0.0856. The third-order valence-corrected chi connectivity index (χ3v) is 7.38. The van der Waals surface area contributed by atoms with Crippen LogP contribution in [0.1, 0.15) is 170 Å². The summed E-state index contributed by atoms with van der Waals surface area (Å²) in [6.45, 7) is 18.3. The molecule has 0 rings (SSSR count). The fourth-order valence-corrected chi connectivity index (χ4v) is 4.22. The number of aliphatic hydroxyl groups is 1. The molecule has 0 aromatic heterocycles. The van der Waals surface area contributed by atoms with E-state index in [2.05, 4.69) is 25.7 Å². The van der Waals surface area contributed by atoms with Crippen LogP contribution in [0.4, 0.5) is 0 Å². The number of esters is 1. The van der Waals surface area contributed by atoms with Crippen molar-refractivity contribution in [1.82, 2.24) is 4.90 Å². The summed E-state index contributed by atoms with van der Waals surface area (Å²) in [5.41, 5.74) is -0.436. The van der Waals surface area contributed by atoms with E-state index in [1.165, 1.54) is 135 Å².